The van der Waals surface area contributed by atoms with E-state index in [1.165, 1.54) is 12.3 Å². The molecule has 2 aromatic carbocycles. The van der Waals surface area contributed by atoms with Crippen LogP contribution in [0, 0.1) is 5.82 Å². The SMILES string of the molecule is C=CC(=O)Nc1cc(Oc2nccc(-c3cn(OC)c4ccccc34)n2)c(F)cc1NC(=O)CC. The average molecular weight is 475 g/mol. The number of para-hydroxylation sites is 1. The van der Waals surface area contributed by atoms with Crippen molar-refractivity contribution in [2.75, 3.05) is 17.7 Å². The van der Waals surface area contributed by atoms with Gasteiger partial charge in [0.05, 0.1) is 28.8 Å². The number of carbonyl (C=O) groups is 2. The van der Waals surface area contributed by atoms with Gasteiger partial charge in [-0.1, -0.05) is 31.7 Å². The predicted molar refractivity (Wildman–Crippen MR) is 130 cm³/mol. The van der Waals surface area contributed by atoms with Crippen LogP contribution in [0.5, 0.6) is 11.8 Å². The lowest BCUT2D eigenvalue weighted by molar-refractivity contribution is -0.116. The third-order valence-corrected chi connectivity index (χ3v) is 5.10. The summed E-state index contributed by atoms with van der Waals surface area (Å²) in [6.07, 6.45) is 4.50. The molecule has 0 spiro atoms. The van der Waals surface area contributed by atoms with E-state index in [0.717, 1.165) is 28.6 Å². The van der Waals surface area contributed by atoms with Gasteiger partial charge in [-0.2, -0.15) is 9.71 Å². The van der Waals surface area contributed by atoms with Gasteiger partial charge in [-0.25, -0.2) is 9.37 Å². The molecule has 2 heterocycles. The summed E-state index contributed by atoms with van der Waals surface area (Å²) in [6.45, 7) is 5.06. The maximum atomic E-state index is 14.9. The number of nitrogens with one attached hydrogen (secondary N) is 2. The van der Waals surface area contributed by atoms with Crippen molar-refractivity contribution in [1.82, 2.24) is 14.7 Å². The number of hydrogen-bond acceptors (Lipinski definition) is 6. The molecule has 10 heteroatoms. The average Bonchev–Trinajstić information content (AvgIpc) is 3.25. The van der Waals surface area contributed by atoms with Gasteiger partial charge in [0.25, 0.3) is 0 Å². The van der Waals surface area contributed by atoms with E-state index in [0.29, 0.717) is 5.69 Å². The van der Waals surface area contributed by atoms with Gasteiger partial charge in [-0.15, -0.1) is 0 Å². The molecule has 0 atom stereocenters. The summed E-state index contributed by atoms with van der Waals surface area (Å²) in [5.41, 5.74) is 2.37. The fourth-order valence-electron chi connectivity index (χ4n) is 3.40. The van der Waals surface area contributed by atoms with E-state index < -0.39 is 11.7 Å². The summed E-state index contributed by atoms with van der Waals surface area (Å²) in [4.78, 5) is 37.6. The second kappa shape index (κ2) is 10.0. The molecule has 0 aliphatic heterocycles. The van der Waals surface area contributed by atoms with Crippen LogP contribution < -0.4 is 20.2 Å². The van der Waals surface area contributed by atoms with Crippen molar-refractivity contribution >= 4 is 34.1 Å². The maximum Gasteiger partial charge on any atom is 0.322 e. The van der Waals surface area contributed by atoms with Crippen LogP contribution >= 0.6 is 0 Å². The highest BCUT2D eigenvalue weighted by Crippen LogP contribution is 2.34. The Morgan fingerprint density at radius 2 is 1.94 bits per heavy atom. The smallest absolute Gasteiger partial charge is 0.322 e. The number of nitrogens with zero attached hydrogens (tertiary/aromatic N) is 3. The molecule has 0 bridgehead atoms. The first-order chi connectivity index (χ1) is 16.9. The van der Waals surface area contributed by atoms with Gasteiger partial charge in [-0.05, 0) is 18.2 Å². The van der Waals surface area contributed by atoms with Crippen molar-refractivity contribution in [3.05, 3.63) is 73.3 Å². The van der Waals surface area contributed by atoms with E-state index in [1.807, 2.05) is 24.3 Å². The lowest BCUT2D eigenvalue weighted by atomic mass is 10.1. The van der Waals surface area contributed by atoms with Crippen molar-refractivity contribution in [2.24, 2.45) is 0 Å². The van der Waals surface area contributed by atoms with Gasteiger partial charge in [0, 0.05) is 35.7 Å². The number of hydrogen-bond donors (Lipinski definition) is 2. The molecule has 4 aromatic rings. The van der Waals surface area contributed by atoms with Crippen molar-refractivity contribution in [3.63, 3.8) is 0 Å². The number of benzene rings is 2. The van der Waals surface area contributed by atoms with Crippen LogP contribution in [-0.4, -0.2) is 33.6 Å². The van der Waals surface area contributed by atoms with Gasteiger partial charge < -0.3 is 20.2 Å². The minimum atomic E-state index is -0.780. The van der Waals surface area contributed by atoms with Crippen molar-refractivity contribution in [2.45, 2.75) is 13.3 Å². The first-order valence-corrected chi connectivity index (χ1v) is 10.7. The Hall–Kier alpha value is -4.73. The third-order valence-electron chi connectivity index (χ3n) is 5.10. The lowest BCUT2D eigenvalue weighted by Gasteiger charge is -2.14. The molecule has 0 fully saturated rings. The number of amides is 2. The van der Waals surface area contributed by atoms with Crippen LogP contribution in [0.2, 0.25) is 0 Å². The van der Waals surface area contributed by atoms with Crippen LogP contribution in [0.25, 0.3) is 22.2 Å². The van der Waals surface area contributed by atoms with E-state index >= 15 is 0 Å². The highest BCUT2D eigenvalue weighted by molar-refractivity contribution is 6.03. The Bertz CT molecular complexity index is 1430. The first kappa shape index (κ1) is 23.4. The number of ether oxygens (including phenoxy) is 1. The van der Waals surface area contributed by atoms with E-state index in [2.05, 4.69) is 27.2 Å². The van der Waals surface area contributed by atoms with Gasteiger partial charge >= 0.3 is 6.01 Å². The molecule has 2 aromatic heterocycles. The second-order valence-corrected chi connectivity index (χ2v) is 7.32. The highest BCUT2D eigenvalue weighted by atomic mass is 19.1. The Balaban J connectivity index is 1.70. The second-order valence-electron chi connectivity index (χ2n) is 7.32. The quantitative estimate of drug-likeness (QED) is 0.362. The summed E-state index contributed by atoms with van der Waals surface area (Å²) >= 11 is 0. The van der Waals surface area contributed by atoms with Crippen LogP contribution in [0.3, 0.4) is 0 Å². The lowest BCUT2D eigenvalue weighted by Crippen LogP contribution is -2.15. The summed E-state index contributed by atoms with van der Waals surface area (Å²) in [7, 11) is 1.56. The molecular weight excluding hydrogens is 453 g/mol. The van der Waals surface area contributed by atoms with Crippen molar-refractivity contribution < 1.29 is 23.6 Å². The highest BCUT2D eigenvalue weighted by Gasteiger charge is 2.17. The molecule has 0 aliphatic carbocycles. The molecule has 178 valence electrons. The molecule has 0 radical (unpaired) electrons. The Morgan fingerprint density at radius 3 is 2.69 bits per heavy atom. The Kier molecular flexibility index (Phi) is 6.72. The van der Waals surface area contributed by atoms with Gasteiger partial charge in [-0.3, -0.25) is 9.59 Å². The minimum Gasteiger partial charge on any atom is -0.421 e. The Labute approximate surface area is 200 Å². The van der Waals surface area contributed by atoms with Crippen LogP contribution in [0.4, 0.5) is 15.8 Å². The molecule has 4 rings (SSSR count). The zero-order chi connectivity index (χ0) is 24.9. The van der Waals surface area contributed by atoms with Crippen LogP contribution in [-0.2, 0) is 9.59 Å². The minimum absolute atomic E-state index is 0.0824. The van der Waals surface area contributed by atoms with Crippen molar-refractivity contribution in [1.29, 1.82) is 0 Å². The summed E-state index contributed by atoms with van der Waals surface area (Å²) in [5.74, 6) is -1.91. The van der Waals surface area contributed by atoms with Crippen molar-refractivity contribution in [3.8, 4) is 23.0 Å². The normalized spacial score (nSPS) is 10.6. The standard InChI is InChI=1S/C25H22FN5O4/c1-4-23(32)28-19-12-17(26)22(13-20(19)29-24(33)5-2)35-25-27-11-10-18(30-25)16-14-31(34-3)21-9-7-6-8-15(16)21/h5-14H,2,4H2,1,3H3,(H,28,32)(H,29,33). The summed E-state index contributed by atoms with van der Waals surface area (Å²) < 4.78 is 22.1. The molecular formula is C25H22FN5O4. The molecule has 0 unspecified atom stereocenters. The fraction of sp³-hybridized carbons (Fsp3) is 0.120. The number of fused-ring (bicyclic) bond motifs is 1. The van der Waals surface area contributed by atoms with E-state index in [9.17, 15) is 14.0 Å². The summed E-state index contributed by atoms with van der Waals surface area (Å²) in [5, 5.41) is 5.98. The number of rotatable bonds is 8. The zero-order valence-electron chi connectivity index (χ0n) is 19.0. The molecule has 35 heavy (non-hydrogen) atoms. The number of halogens is 1. The largest absolute Gasteiger partial charge is 0.421 e. The zero-order valence-corrected chi connectivity index (χ0v) is 19.0. The molecule has 2 amide bonds. The Morgan fingerprint density at radius 1 is 1.17 bits per heavy atom. The third kappa shape index (κ3) is 4.96. The fourth-order valence-corrected chi connectivity index (χ4v) is 3.40. The maximum absolute atomic E-state index is 14.9. The first-order valence-electron chi connectivity index (χ1n) is 10.7. The number of carbonyl (C=O) groups excluding carboxylic acids is 2. The predicted octanol–water partition coefficient (Wildman–Crippen LogP) is 4.56. The monoisotopic (exact) mass is 475 g/mol. The number of anilines is 2. The van der Waals surface area contributed by atoms with E-state index in [4.69, 9.17) is 9.57 Å². The van der Waals surface area contributed by atoms with E-state index in [1.54, 1.807) is 31.0 Å². The summed E-state index contributed by atoms with van der Waals surface area (Å²) in [6, 6.07) is 11.5. The topological polar surface area (TPSA) is 107 Å². The number of aromatic nitrogens is 3. The molecule has 0 saturated carbocycles. The molecule has 0 saturated heterocycles. The van der Waals surface area contributed by atoms with E-state index in [-0.39, 0.29) is 35.5 Å². The van der Waals surface area contributed by atoms with Gasteiger partial charge in [0.15, 0.2) is 11.6 Å². The molecule has 9 nitrogen and oxygen atoms in total. The molecule has 2 N–H and O–H groups in total. The van der Waals surface area contributed by atoms with Gasteiger partial charge in [0.1, 0.15) is 7.11 Å². The van der Waals surface area contributed by atoms with Crippen LogP contribution in [0.15, 0.2) is 67.5 Å². The van der Waals surface area contributed by atoms with Crippen LogP contribution in [0.1, 0.15) is 13.3 Å². The van der Waals surface area contributed by atoms with Gasteiger partial charge in [0.2, 0.25) is 11.8 Å². The molecule has 0 aliphatic rings.